The van der Waals surface area contributed by atoms with Gasteiger partial charge in [-0.15, -0.1) is 0 Å². The van der Waals surface area contributed by atoms with Crippen molar-refractivity contribution in [2.45, 2.75) is 41.2 Å². The van der Waals surface area contributed by atoms with Gasteiger partial charge in [0.15, 0.2) is 0 Å². The predicted molar refractivity (Wildman–Crippen MR) is 93.0 cm³/mol. The number of rotatable bonds is 2. The lowest BCUT2D eigenvalue weighted by atomic mass is 10.1. The van der Waals surface area contributed by atoms with Gasteiger partial charge in [-0.05, 0) is 52.8 Å². The zero-order valence-electron chi connectivity index (χ0n) is 14.3. The van der Waals surface area contributed by atoms with Crippen molar-refractivity contribution in [3.8, 4) is 11.3 Å². The largest absolute Gasteiger partial charge is 0.461 e. The Morgan fingerprint density at radius 3 is 2.43 bits per heavy atom. The van der Waals surface area contributed by atoms with E-state index in [-0.39, 0.29) is 0 Å². The van der Waals surface area contributed by atoms with Crippen LogP contribution in [0.3, 0.4) is 0 Å². The van der Waals surface area contributed by atoms with Crippen LogP contribution in [0.25, 0.3) is 27.6 Å². The first-order chi connectivity index (χ1) is 11.0. The molecule has 0 unspecified atom stereocenters. The van der Waals surface area contributed by atoms with Crippen LogP contribution in [0.4, 0.5) is 0 Å². The maximum absolute atomic E-state index is 5.78. The van der Waals surface area contributed by atoms with Gasteiger partial charge in [-0.3, -0.25) is 0 Å². The number of fused-ring (bicyclic) bond motifs is 3. The average Bonchev–Trinajstić information content (AvgIpc) is 3.16. The quantitative estimate of drug-likeness (QED) is 0.533. The minimum absolute atomic E-state index is 0.892. The van der Waals surface area contributed by atoms with E-state index in [2.05, 4.69) is 44.5 Å². The monoisotopic (exact) mass is 307 g/mol. The number of furan rings is 1. The number of hydrogen-bond donors (Lipinski definition) is 0. The molecule has 0 bridgehead atoms. The van der Waals surface area contributed by atoms with E-state index in [4.69, 9.17) is 9.52 Å². The Kier molecular flexibility index (Phi) is 2.92. The second-order valence-electron chi connectivity index (χ2n) is 6.22. The van der Waals surface area contributed by atoms with Crippen molar-refractivity contribution in [1.82, 2.24) is 14.2 Å². The molecule has 4 aromatic heterocycles. The number of nitrogens with zero attached hydrogens (tertiary/aromatic N) is 3. The molecule has 0 fully saturated rings. The summed E-state index contributed by atoms with van der Waals surface area (Å²) in [5, 5.41) is 7.34. The Morgan fingerprint density at radius 2 is 1.78 bits per heavy atom. The fraction of sp³-hybridized carbons (Fsp3) is 0.316. The standard InChI is InChI=1S/C19H21N3O/c1-6-21-13(4)18-12(3)20-22-10-15(17-8-7-11(2)23-17)9-16(22)19(18)14(21)5/h7-10H,6H2,1-5H3. The molecule has 4 nitrogen and oxygen atoms in total. The van der Waals surface area contributed by atoms with Crippen LogP contribution in [-0.4, -0.2) is 14.2 Å². The van der Waals surface area contributed by atoms with Crippen LogP contribution >= 0.6 is 0 Å². The molecule has 0 aliphatic carbocycles. The predicted octanol–water partition coefficient (Wildman–Crippen LogP) is 4.80. The molecule has 4 heteroatoms. The zero-order chi connectivity index (χ0) is 16.3. The molecule has 0 aliphatic heterocycles. The third-order valence-corrected chi connectivity index (χ3v) is 4.80. The van der Waals surface area contributed by atoms with E-state index in [1.165, 1.54) is 22.2 Å². The molecule has 0 aromatic carbocycles. The Morgan fingerprint density at radius 1 is 1.04 bits per heavy atom. The lowest BCUT2D eigenvalue weighted by Gasteiger charge is -2.03. The molecule has 4 rings (SSSR count). The fourth-order valence-corrected chi connectivity index (χ4v) is 3.77. The summed E-state index contributed by atoms with van der Waals surface area (Å²) in [7, 11) is 0. The fourth-order valence-electron chi connectivity index (χ4n) is 3.77. The minimum atomic E-state index is 0.892. The van der Waals surface area contributed by atoms with Crippen LogP contribution in [-0.2, 0) is 6.54 Å². The van der Waals surface area contributed by atoms with Crippen molar-refractivity contribution < 1.29 is 4.42 Å². The molecule has 0 saturated carbocycles. The van der Waals surface area contributed by atoms with Gasteiger partial charge in [0.1, 0.15) is 11.5 Å². The van der Waals surface area contributed by atoms with Crippen LogP contribution in [0.5, 0.6) is 0 Å². The SMILES string of the molecule is CCn1c(C)c2c(C)nn3cc(-c4ccc(C)o4)cc3c2c1C. The van der Waals surface area contributed by atoms with Gasteiger partial charge in [0.2, 0.25) is 0 Å². The molecular formula is C19H21N3O. The molecule has 4 aromatic rings. The molecule has 0 amide bonds. The van der Waals surface area contributed by atoms with E-state index in [1.54, 1.807) is 0 Å². The highest BCUT2D eigenvalue weighted by atomic mass is 16.3. The zero-order valence-corrected chi connectivity index (χ0v) is 14.3. The summed E-state index contributed by atoms with van der Waals surface area (Å²) >= 11 is 0. The first-order valence-corrected chi connectivity index (χ1v) is 8.06. The molecule has 0 radical (unpaired) electrons. The Hall–Kier alpha value is -2.49. The summed E-state index contributed by atoms with van der Waals surface area (Å²) < 4.78 is 10.1. The number of aryl methyl sites for hydroxylation is 4. The second kappa shape index (κ2) is 4.75. The lowest BCUT2D eigenvalue weighted by molar-refractivity contribution is 0.548. The van der Waals surface area contributed by atoms with Crippen LogP contribution in [0.1, 0.15) is 29.8 Å². The van der Waals surface area contributed by atoms with E-state index in [9.17, 15) is 0 Å². The topological polar surface area (TPSA) is 35.4 Å². The molecule has 4 heterocycles. The van der Waals surface area contributed by atoms with Gasteiger partial charge in [0, 0.05) is 40.5 Å². The highest BCUT2D eigenvalue weighted by Crippen LogP contribution is 2.34. The molecule has 0 atom stereocenters. The molecule has 0 aliphatic rings. The van der Waals surface area contributed by atoms with Crippen LogP contribution in [0.2, 0.25) is 0 Å². The third-order valence-electron chi connectivity index (χ3n) is 4.80. The highest BCUT2D eigenvalue weighted by Gasteiger charge is 2.18. The van der Waals surface area contributed by atoms with E-state index < -0.39 is 0 Å². The van der Waals surface area contributed by atoms with Gasteiger partial charge in [-0.2, -0.15) is 5.10 Å². The smallest absolute Gasteiger partial charge is 0.135 e. The van der Waals surface area contributed by atoms with Gasteiger partial charge in [-0.1, -0.05) is 0 Å². The van der Waals surface area contributed by atoms with E-state index >= 15 is 0 Å². The lowest BCUT2D eigenvalue weighted by Crippen LogP contribution is -1.98. The van der Waals surface area contributed by atoms with Gasteiger partial charge in [0.25, 0.3) is 0 Å². The first-order valence-electron chi connectivity index (χ1n) is 8.06. The van der Waals surface area contributed by atoms with Crippen LogP contribution < -0.4 is 0 Å². The van der Waals surface area contributed by atoms with Crippen molar-refractivity contribution in [1.29, 1.82) is 0 Å². The maximum Gasteiger partial charge on any atom is 0.135 e. The van der Waals surface area contributed by atoms with Crippen molar-refractivity contribution in [2.75, 3.05) is 0 Å². The van der Waals surface area contributed by atoms with E-state index in [0.29, 0.717) is 0 Å². The summed E-state index contributed by atoms with van der Waals surface area (Å²) in [6.07, 6.45) is 2.05. The van der Waals surface area contributed by atoms with Gasteiger partial charge in [-0.25, -0.2) is 4.52 Å². The molecule has 0 spiro atoms. The summed E-state index contributed by atoms with van der Waals surface area (Å²) in [5.74, 6) is 1.82. The number of hydrogen-bond acceptors (Lipinski definition) is 2. The van der Waals surface area contributed by atoms with Gasteiger partial charge in [0.05, 0.1) is 11.2 Å². The third kappa shape index (κ3) is 1.87. The summed E-state index contributed by atoms with van der Waals surface area (Å²) in [6.45, 7) is 11.6. The highest BCUT2D eigenvalue weighted by molar-refractivity contribution is 6.02. The van der Waals surface area contributed by atoms with Crippen molar-refractivity contribution in [3.05, 3.63) is 47.2 Å². The number of aromatic nitrogens is 3. The maximum atomic E-state index is 5.78. The van der Waals surface area contributed by atoms with Crippen LogP contribution in [0, 0.1) is 27.7 Å². The molecule has 23 heavy (non-hydrogen) atoms. The summed E-state index contributed by atoms with van der Waals surface area (Å²) in [6, 6.07) is 6.19. The molecule has 0 saturated heterocycles. The van der Waals surface area contributed by atoms with Crippen LogP contribution in [0.15, 0.2) is 28.8 Å². The minimum Gasteiger partial charge on any atom is -0.461 e. The first kappa shape index (κ1) is 14.1. The molecular weight excluding hydrogens is 286 g/mol. The van der Waals surface area contributed by atoms with Crippen molar-refractivity contribution in [2.24, 2.45) is 0 Å². The van der Waals surface area contributed by atoms with Crippen molar-refractivity contribution in [3.63, 3.8) is 0 Å². The Balaban J connectivity index is 2.10. The van der Waals surface area contributed by atoms with Gasteiger partial charge >= 0.3 is 0 Å². The van der Waals surface area contributed by atoms with E-state index in [1.807, 2.05) is 23.6 Å². The molecule has 0 N–H and O–H groups in total. The van der Waals surface area contributed by atoms with E-state index in [0.717, 1.165) is 34.8 Å². The van der Waals surface area contributed by atoms with Crippen molar-refractivity contribution >= 4 is 16.3 Å². The molecule has 118 valence electrons. The Bertz CT molecular complexity index is 1050. The average molecular weight is 307 g/mol. The second-order valence-corrected chi connectivity index (χ2v) is 6.22. The Labute approximate surface area is 135 Å². The van der Waals surface area contributed by atoms with Gasteiger partial charge < -0.3 is 8.98 Å². The summed E-state index contributed by atoms with van der Waals surface area (Å²) in [4.78, 5) is 0. The normalized spacial score (nSPS) is 11.9. The summed E-state index contributed by atoms with van der Waals surface area (Å²) in [5.41, 5.74) is 5.87.